The molecule has 0 aromatic carbocycles. The first kappa shape index (κ1) is 14.8. The Kier molecular flexibility index (Phi) is 5.49. The molecule has 0 fully saturated rings. The van der Waals surface area contributed by atoms with E-state index in [1.54, 1.807) is 0 Å². The van der Waals surface area contributed by atoms with Crippen molar-refractivity contribution in [1.29, 1.82) is 0 Å². The van der Waals surface area contributed by atoms with Crippen LogP contribution in [0.1, 0.15) is 24.9 Å². The molecule has 0 aliphatic carbocycles. The molecule has 2 N–H and O–H groups in total. The molecule has 0 aliphatic rings. The molecule has 0 amide bonds. The third-order valence-corrected chi connectivity index (χ3v) is 3.01. The maximum Gasteiger partial charge on any atom is 0.208 e. The first-order valence-corrected chi connectivity index (χ1v) is 7.83. The molecule has 1 heterocycles. The monoisotopic (exact) mass is 272 g/mol. The fourth-order valence-electron chi connectivity index (χ4n) is 1.46. The summed E-state index contributed by atoms with van der Waals surface area (Å²) in [5.74, 6) is 1.53. The highest BCUT2D eigenvalue weighted by Crippen LogP contribution is 2.06. The Bertz CT molecular complexity index is 488. The van der Waals surface area contributed by atoms with E-state index in [9.17, 15) is 8.42 Å². The summed E-state index contributed by atoms with van der Waals surface area (Å²) in [4.78, 5) is 8.55. The molecule has 6 nitrogen and oxygen atoms in total. The summed E-state index contributed by atoms with van der Waals surface area (Å²) in [6, 6.07) is 1.91. The van der Waals surface area contributed by atoms with Crippen molar-refractivity contribution < 1.29 is 8.42 Å². The molecule has 102 valence electrons. The van der Waals surface area contributed by atoms with Gasteiger partial charge >= 0.3 is 0 Å². The topological polar surface area (TPSA) is 84.0 Å². The molecule has 7 heteroatoms. The Morgan fingerprint density at radius 2 is 2.00 bits per heavy atom. The number of rotatable bonds is 7. The van der Waals surface area contributed by atoms with Gasteiger partial charge in [-0.1, -0.05) is 6.92 Å². The van der Waals surface area contributed by atoms with Crippen LogP contribution >= 0.6 is 0 Å². The maximum absolute atomic E-state index is 10.8. The van der Waals surface area contributed by atoms with E-state index in [0.717, 1.165) is 30.0 Å². The van der Waals surface area contributed by atoms with Crippen LogP contribution in [0.2, 0.25) is 0 Å². The quantitative estimate of drug-likeness (QED) is 0.714. The first-order chi connectivity index (χ1) is 8.40. The molecule has 0 aliphatic heterocycles. The molecule has 0 spiro atoms. The third-order valence-electron chi connectivity index (χ3n) is 2.28. The minimum Gasteiger partial charge on any atom is -0.370 e. The molecule has 0 saturated heterocycles. The van der Waals surface area contributed by atoms with Gasteiger partial charge in [0.1, 0.15) is 11.6 Å². The molecule has 1 rings (SSSR count). The van der Waals surface area contributed by atoms with Gasteiger partial charge in [0.2, 0.25) is 10.0 Å². The molecular formula is C11H20N4O2S. The van der Waals surface area contributed by atoms with Gasteiger partial charge in [-0.05, 0) is 19.8 Å². The van der Waals surface area contributed by atoms with Crippen molar-refractivity contribution >= 4 is 15.8 Å². The number of sulfonamides is 1. The second-order valence-corrected chi connectivity index (χ2v) is 5.93. The second kappa shape index (κ2) is 6.65. The van der Waals surface area contributed by atoms with Crippen LogP contribution in [0.25, 0.3) is 0 Å². The molecule has 0 saturated carbocycles. The summed E-state index contributed by atoms with van der Waals surface area (Å²) in [7, 11) is -3.09. The highest BCUT2D eigenvalue weighted by molar-refractivity contribution is 7.88. The fourth-order valence-corrected chi connectivity index (χ4v) is 1.98. The Morgan fingerprint density at radius 1 is 1.28 bits per heavy atom. The van der Waals surface area contributed by atoms with Crippen LogP contribution in [0, 0.1) is 6.92 Å². The maximum atomic E-state index is 10.8. The van der Waals surface area contributed by atoms with Gasteiger partial charge in [0.25, 0.3) is 0 Å². The zero-order chi connectivity index (χ0) is 13.6. The van der Waals surface area contributed by atoms with E-state index in [2.05, 4.69) is 20.0 Å². The average Bonchev–Trinajstić information content (AvgIpc) is 2.26. The van der Waals surface area contributed by atoms with Crippen molar-refractivity contribution in [3.8, 4) is 0 Å². The van der Waals surface area contributed by atoms with Crippen LogP contribution in [0.4, 0.5) is 5.82 Å². The van der Waals surface area contributed by atoms with Crippen molar-refractivity contribution in [2.24, 2.45) is 0 Å². The minimum atomic E-state index is -3.09. The highest BCUT2D eigenvalue weighted by Gasteiger charge is 2.01. The van der Waals surface area contributed by atoms with Crippen LogP contribution in [-0.4, -0.2) is 37.7 Å². The van der Waals surface area contributed by atoms with Crippen LogP contribution in [0.15, 0.2) is 6.07 Å². The zero-order valence-corrected chi connectivity index (χ0v) is 11.8. The van der Waals surface area contributed by atoms with Crippen molar-refractivity contribution in [3.05, 3.63) is 17.6 Å². The molecule has 18 heavy (non-hydrogen) atoms. The number of nitrogens with one attached hydrogen (secondary N) is 2. The lowest BCUT2D eigenvalue weighted by molar-refractivity contribution is 0.586. The Balaban J connectivity index is 2.37. The lowest BCUT2D eigenvalue weighted by Gasteiger charge is -2.08. The Hall–Kier alpha value is -1.21. The summed E-state index contributed by atoms with van der Waals surface area (Å²) in [5, 5.41) is 3.16. The SMILES string of the molecule is CCc1cc(NCCCNS(C)(=O)=O)nc(C)n1. The van der Waals surface area contributed by atoms with Crippen molar-refractivity contribution in [2.75, 3.05) is 24.7 Å². The number of anilines is 1. The van der Waals surface area contributed by atoms with E-state index in [4.69, 9.17) is 0 Å². The average molecular weight is 272 g/mol. The predicted octanol–water partition coefficient (Wildman–Crippen LogP) is 0.699. The van der Waals surface area contributed by atoms with Crippen molar-refractivity contribution in [1.82, 2.24) is 14.7 Å². The summed E-state index contributed by atoms with van der Waals surface area (Å²) in [6.07, 6.45) is 2.73. The zero-order valence-electron chi connectivity index (χ0n) is 11.0. The van der Waals surface area contributed by atoms with Gasteiger partial charge in [0, 0.05) is 24.8 Å². The number of nitrogens with zero attached hydrogens (tertiary/aromatic N) is 2. The van der Waals surface area contributed by atoms with Gasteiger partial charge in [-0.2, -0.15) is 0 Å². The lowest BCUT2D eigenvalue weighted by atomic mass is 10.3. The Labute approximate surface area is 108 Å². The van der Waals surface area contributed by atoms with E-state index in [1.807, 2.05) is 19.9 Å². The second-order valence-electron chi connectivity index (χ2n) is 4.09. The summed E-state index contributed by atoms with van der Waals surface area (Å²) in [5.41, 5.74) is 0.999. The lowest BCUT2D eigenvalue weighted by Crippen LogP contribution is -2.24. The smallest absolute Gasteiger partial charge is 0.208 e. The van der Waals surface area contributed by atoms with Crippen LogP contribution in [0.3, 0.4) is 0 Å². The number of aryl methyl sites for hydroxylation is 2. The largest absolute Gasteiger partial charge is 0.370 e. The molecule has 0 unspecified atom stereocenters. The minimum absolute atomic E-state index is 0.427. The van der Waals surface area contributed by atoms with Gasteiger partial charge in [-0.15, -0.1) is 0 Å². The van der Waals surface area contributed by atoms with E-state index >= 15 is 0 Å². The van der Waals surface area contributed by atoms with E-state index < -0.39 is 10.0 Å². The van der Waals surface area contributed by atoms with Crippen molar-refractivity contribution in [3.63, 3.8) is 0 Å². The van der Waals surface area contributed by atoms with Gasteiger partial charge in [0.05, 0.1) is 6.26 Å². The first-order valence-electron chi connectivity index (χ1n) is 5.94. The van der Waals surface area contributed by atoms with Gasteiger partial charge in [-0.25, -0.2) is 23.1 Å². The van der Waals surface area contributed by atoms with Crippen LogP contribution in [0.5, 0.6) is 0 Å². The molecule has 1 aromatic heterocycles. The highest BCUT2D eigenvalue weighted by atomic mass is 32.2. The van der Waals surface area contributed by atoms with Gasteiger partial charge in [0.15, 0.2) is 0 Å². The Morgan fingerprint density at radius 3 is 2.61 bits per heavy atom. The molecule has 0 atom stereocenters. The fraction of sp³-hybridized carbons (Fsp3) is 0.636. The van der Waals surface area contributed by atoms with Crippen molar-refractivity contribution in [2.45, 2.75) is 26.7 Å². The number of hydrogen-bond acceptors (Lipinski definition) is 5. The summed E-state index contributed by atoms with van der Waals surface area (Å²) >= 11 is 0. The summed E-state index contributed by atoms with van der Waals surface area (Å²) < 4.78 is 24.1. The predicted molar refractivity (Wildman–Crippen MR) is 72.1 cm³/mol. The van der Waals surface area contributed by atoms with E-state index in [0.29, 0.717) is 19.5 Å². The summed E-state index contributed by atoms with van der Waals surface area (Å²) in [6.45, 7) is 5.00. The number of hydrogen-bond donors (Lipinski definition) is 2. The van der Waals surface area contributed by atoms with E-state index in [-0.39, 0.29) is 0 Å². The third kappa shape index (κ3) is 5.92. The van der Waals surface area contributed by atoms with Gasteiger partial charge < -0.3 is 5.32 Å². The molecule has 1 aromatic rings. The van der Waals surface area contributed by atoms with Crippen LogP contribution < -0.4 is 10.0 Å². The molecular weight excluding hydrogens is 252 g/mol. The van der Waals surface area contributed by atoms with Crippen LogP contribution in [-0.2, 0) is 16.4 Å². The standard InChI is InChI=1S/C11H20N4O2S/c1-4-10-8-11(15-9(2)14-10)12-6-5-7-13-18(3,16)17/h8,13H,4-7H2,1-3H3,(H,12,14,15). The number of aromatic nitrogens is 2. The molecule has 0 radical (unpaired) electrons. The van der Waals surface area contributed by atoms with Gasteiger partial charge in [-0.3, -0.25) is 0 Å². The normalized spacial score (nSPS) is 11.5. The molecule has 0 bridgehead atoms. The van der Waals surface area contributed by atoms with E-state index in [1.165, 1.54) is 0 Å².